The topological polar surface area (TPSA) is 34.1 Å². The maximum atomic E-state index is 11.7. The van der Waals surface area contributed by atoms with Gasteiger partial charge in [-0.3, -0.25) is 0 Å². The lowest BCUT2D eigenvalue weighted by Crippen LogP contribution is -2.00. The molecule has 0 aromatic heterocycles. The largest absolute Gasteiger partial charge is 0.224 e. The molecule has 0 saturated carbocycles. The zero-order valence-corrected chi connectivity index (χ0v) is 11.1. The fourth-order valence-corrected chi connectivity index (χ4v) is 3.01. The number of sulfone groups is 1. The first-order valence-corrected chi connectivity index (χ1v) is 7.52. The van der Waals surface area contributed by atoms with Crippen LogP contribution in [0.3, 0.4) is 0 Å². The van der Waals surface area contributed by atoms with E-state index in [0.29, 0.717) is 10.8 Å². The number of benzene rings is 2. The highest BCUT2D eigenvalue weighted by atomic mass is 32.2. The fourth-order valence-electron chi connectivity index (χ4n) is 2.12. The van der Waals surface area contributed by atoms with Gasteiger partial charge >= 0.3 is 0 Å². The average Bonchev–Trinajstić information content (AvgIpc) is 2.26. The second-order valence-electron chi connectivity index (χ2n) is 4.63. The van der Waals surface area contributed by atoms with Crippen LogP contribution in [-0.2, 0) is 9.84 Å². The highest BCUT2D eigenvalue weighted by Crippen LogP contribution is 2.30. The van der Waals surface area contributed by atoms with E-state index in [1.807, 2.05) is 30.3 Å². The lowest BCUT2D eigenvalue weighted by molar-refractivity contribution is 0.602. The smallest absolute Gasteiger partial charge is 0.176 e. The standard InChI is InChI=1S/C14H16O2S/c1-10(2)11-8-9-14(17(3,15)16)13-7-5-4-6-12(11)13/h4-10H,1-3H3. The van der Waals surface area contributed by atoms with E-state index in [2.05, 4.69) is 13.8 Å². The predicted octanol–water partition coefficient (Wildman–Crippen LogP) is 3.37. The molecule has 0 saturated heterocycles. The van der Waals surface area contributed by atoms with E-state index < -0.39 is 9.84 Å². The van der Waals surface area contributed by atoms with Gasteiger partial charge in [0.2, 0.25) is 0 Å². The molecule has 0 unspecified atom stereocenters. The number of fused-ring (bicyclic) bond motifs is 1. The van der Waals surface area contributed by atoms with Crippen LogP contribution in [0.2, 0.25) is 0 Å². The van der Waals surface area contributed by atoms with Crippen LogP contribution in [0.4, 0.5) is 0 Å². The van der Waals surface area contributed by atoms with Crippen molar-refractivity contribution in [1.29, 1.82) is 0 Å². The van der Waals surface area contributed by atoms with Crippen LogP contribution in [0.15, 0.2) is 41.3 Å². The van der Waals surface area contributed by atoms with Gasteiger partial charge in [0.15, 0.2) is 9.84 Å². The summed E-state index contributed by atoms with van der Waals surface area (Å²) in [4.78, 5) is 0.414. The third-order valence-electron chi connectivity index (χ3n) is 2.94. The van der Waals surface area contributed by atoms with Gasteiger partial charge in [-0.1, -0.05) is 44.2 Å². The highest BCUT2D eigenvalue weighted by Gasteiger charge is 2.14. The maximum Gasteiger partial charge on any atom is 0.176 e. The minimum Gasteiger partial charge on any atom is -0.224 e. The first-order chi connectivity index (χ1) is 7.91. The van der Waals surface area contributed by atoms with E-state index in [4.69, 9.17) is 0 Å². The van der Waals surface area contributed by atoms with Gasteiger partial charge in [-0.15, -0.1) is 0 Å². The molecule has 0 N–H and O–H groups in total. The van der Waals surface area contributed by atoms with Crippen LogP contribution < -0.4 is 0 Å². The Morgan fingerprint density at radius 2 is 1.53 bits per heavy atom. The second-order valence-corrected chi connectivity index (χ2v) is 6.61. The summed E-state index contributed by atoms with van der Waals surface area (Å²) in [5, 5.41) is 1.85. The predicted molar refractivity (Wildman–Crippen MR) is 71.1 cm³/mol. The fraction of sp³-hybridized carbons (Fsp3) is 0.286. The Labute approximate surface area is 102 Å². The quantitative estimate of drug-likeness (QED) is 0.816. The Balaban J connectivity index is 2.90. The third-order valence-corrected chi connectivity index (χ3v) is 4.09. The number of rotatable bonds is 2. The molecular formula is C14H16O2S. The first kappa shape index (κ1) is 12.1. The zero-order chi connectivity index (χ0) is 12.6. The normalized spacial score (nSPS) is 12.2. The Bertz CT molecular complexity index is 655. The summed E-state index contributed by atoms with van der Waals surface area (Å²) in [5.41, 5.74) is 1.19. The molecule has 0 aliphatic heterocycles. The van der Waals surface area contributed by atoms with E-state index in [9.17, 15) is 8.42 Å². The van der Waals surface area contributed by atoms with Gasteiger partial charge in [0.1, 0.15) is 0 Å². The van der Waals surface area contributed by atoms with Gasteiger partial charge < -0.3 is 0 Å². The molecule has 0 spiro atoms. The average molecular weight is 248 g/mol. The van der Waals surface area contributed by atoms with Crippen LogP contribution in [0, 0.1) is 0 Å². The molecule has 2 aromatic carbocycles. The molecule has 2 nitrogen and oxygen atoms in total. The van der Waals surface area contributed by atoms with Crippen LogP contribution >= 0.6 is 0 Å². The minimum atomic E-state index is -3.17. The van der Waals surface area contributed by atoms with Crippen molar-refractivity contribution in [3.8, 4) is 0 Å². The lowest BCUT2D eigenvalue weighted by atomic mass is 9.96. The molecule has 2 rings (SSSR count). The molecule has 0 atom stereocenters. The van der Waals surface area contributed by atoms with Crippen LogP contribution in [0.5, 0.6) is 0 Å². The van der Waals surface area contributed by atoms with Crippen molar-refractivity contribution >= 4 is 20.6 Å². The zero-order valence-electron chi connectivity index (χ0n) is 10.3. The summed E-state index contributed by atoms with van der Waals surface area (Å²) < 4.78 is 23.5. The molecule has 0 amide bonds. The number of hydrogen-bond donors (Lipinski definition) is 0. The van der Waals surface area contributed by atoms with Crippen LogP contribution in [0.25, 0.3) is 10.8 Å². The highest BCUT2D eigenvalue weighted by molar-refractivity contribution is 7.91. The van der Waals surface area contributed by atoms with Gasteiger partial charge in [0, 0.05) is 11.6 Å². The van der Waals surface area contributed by atoms with Crippen molar-refractivity contribution in [1.82, 2.24) is 0 Å². The summed E-state index contributed by atoms with van der Waals surface area (Å²) in [6, 6.07) is 11.3. The molecule has 0 fully saturated rings. The van der Waals surface area contributed by atoms with Gasteiger partial charge in [0.25, 0.3) is 0 Å². The Morgan fingerprint density at radius 1 is 0.941 bits per heavy atom. The van der Waals surface area contributed by atoms with Gasteiger partial charge in [-0.2, -0.15) is 0 Å². The van der Waals surface area contributed by atoms with Crippen molar-refractivity contribution in [2.75, 3.05) is 6.26 Å². The maximum absolute atomic E-state index is 11.7. The molecular weight excluding hydrogens is 232 g/mol. The summed E-state index contributed by atoms with van der Waals surface area (Å²) in [5.74, 6) is 0.383. The molecule has 90 valence electrons. The summed E-state index contributed by atoms with van der Waals surface area (Å²) >= 11 is 0. The van der Waals surface area contributed by atoms with E-state index in [1.54, 1.807) is 6.07 Å². The van der Waals surface area contributed by atoms with Gasteiger partial charge in [0.05, 0.1) is 4.90 Å². The van der Waals surface area contributed by atoms with Crippen LogP contribution in [-0.4, -0.2) is 14.7 Å². The minimum absolute atomic E-state index is 0.383. The van der Waals surface area contributed by atoms with E-state index >= 15 is 0 Å². The summed E-state index contributed by atoms with van der Waals surface area (Å²) in [6.07, 6.45) is 1.25. The van der Waals surface area contributed by atoms with Crippen molar-refractivity contribution in [2.45, 2.75) is 24.7 Å². The molecule has 0 heterocycles. The Hall–Kier alpha value is -1.35. The van der Waals surface area contributed by atoms with Crippen molar-refractivity contribution in [2.24, 2.45) is 0 Å². The second kappa shape index (κ2) is 4.15. The molecule has 2 aromatic rings. The molecule has 0 aliphatic rings. The van der Waals surface area contributed by atoms with Crippen molar-refractivity contribution in [3.63, 3.8) is 0 Å². The molecule has 17 heavy (non-hydrogen) atoms. The van der Waals surface area contributed by atoms with Gasteiger partial charge in [-0.25, -0.2) is 8.42 Å². The Kier molecular flexibility index (Phi) is 2.96. The summed E-state index contributed by atoms with van der Waals surface area (Å²) in [6.45, 7) is 4.23. The van der Waals surface area contributed by atoms with Crippen molar-refractivity contribution in [3.05, 3.63) is 42.0 Å². The monoisotopic (exact) mass is 248 g/mol. The lowest BCUT2D eigenvalue weighted by Gasteiger charge is -2.12. The van der Waals surface area contributed by atoms with Gasteiger partial charge in [-0.05, 0) is 22.9 Å². The van der Waals surface area contributed by atoms with E-state index in [1.165, 1.54) is 11.8 Å². The third kappa shape index (κ3) is 2.20. The SMILES string of the molecule is CC(C)c1ccc(S(C)(=O)=O)c2ccccc12. The Morgan fingerprint density at radius 3 is 2.06 bits per heavy atom. The molecule has 0 aliphatic carbocycles. The van der Waals surface area contributed by atoms with E-state index in [0.717, 1.165) is 10.8 Å². The van der Waals surface area contributed by atoms with E-state index in [-0.39, 0.29) is 0 Å². The van der Waals surface area contributed by atoms with Crippen LogP contribution in [0.1, 0.15) is 25.3 Å². The first-order valence-electron chi connectivity index (χ1n) is 5.63. The summed E-state index contributed by atoms with van der Waals surface area (Å²) in [7, 11) is -3.17. The van der Waals surface area contributed by atoms with Crippen molar-refractivity contribution < 1.29 is 8.42 Å². The molecule has 0 bridgehead atoms. The molecule has 3 heteroatoms. The molecule has 0 radical (unpaired) electrons. The number of hydrogen-bond acceptors (Lipinski definition) is 2.